The highest BCUT2D eigenvalue weighted by Gasteiger charge is 2.13. The van der Waals surface area contributed by atoms with E-state index in [4.69, 9.17) is 11.6 Å². The first-order chi connectivity index (χ1) is 9.45. The second-order valence-electron chi connectivity index (χ2n) is 4.42. The molecule has 0 bridgehead atoms. The Balaban J connectivity index is 1.98. The van der Waals surface area contributed by atoms with Gasteiger partial charge in [-0.25, -0.2) is 0 Å². The summed E-state index contributed by atoms with van der Waals surface area (Å²) in [4.78, 5) is 12.6. The van der Waals surface area contributed by atoms with Crippen molar-refractivity contribution in [2.45, 2.75) is 13.0 Å². The molecule has 0 aliphatic rings. The number of aryl methyl sites for hydroxylation is 1. The van der Waals surface area contributed by atoms with Gasteiger partial charge >= 0.3 is 0 Å². The number of carbonyl (C=O) groups is 1. The summed E-state index contributed by atoms with van der Waals surface area (Å²) in [5, 5.41) is 22.0. The van der Waals surface area contributed by atoms with E-state index in [-0.39, 0.29) is 18.2 Å². The topological polar surface area (TPSA) is 69.6 Å². The first-order valence-electron chi connectivity index (χ1n) is 5.98. The van der Waals surface area contributed by atoms with Crippen LogP contribution in [0, 0.1) is 6.92 Å². The molecule has 0 aliphatic carbocycles. The summed E-state index contributed by atoms with van der Waals surface area (Å²) < 4.78 is 0.592. The van der Waals surface area contributed by atoms with Crippen LogP contribution in [0.3, 0.4) is 0 Å². The van der Waals surface area contributed by atoms with Crippen molar-refractivity contribution in [2.24, 2.45) is 0 Å². The van der Waals surface area contributed by atoms with Gasteiger partial charge < -0.3 is 15.5 Å². The minimum atomic E-state index is -0.796. The molecule has 0 saturated carbocycles. The number of phenols is 1. The van der Waals surface area contributed by atoms with Gasteiger partial charge in [0.25, 0.3) is 5.91 Å². The predicted octanol–water partition coefficient (Wildman–Crippen LogP) is 2.88. The van der Waals surface area contributed by atoms with Crippen LogP contribution in [0.4, 0.5) is 0 Å². The first kappa shape index (κ1) is 14.8. The van der Waals surface area contributed by atoms with Gasteiger partial charge in [-0.15, -0.1) is 11.3 Å². The lowest BCUT2D eigenvalue weighted by molar-refractivity contribution is 0.0917. The summed E-state index contributed by atoms with van der Waals surface area (Å²) in [5.41, 5.74) is 1.15. The highest BCUT2D eigenvalue weighted by Crippen LogP contribution is 2.26. The lowest BCUT2D eigenvalue weighted by Crippen LogP contribution is -2.28. The zero-order valence-electron chi connectivity index (χ0n) is 10.8. The van der Waals surface area contributed by atoms with Crippen molar-refractivity contribution in [3.63, 3.8) is 0 Å². The maximum atomic E-state index is 11.9. The number of phenolic OH excluding ortho intramolecular Hbond substituents is 1. The highest BCUT2D eigenvalue weighted by molar-refractivity contribution is 7.16. The number of hydrogen-bond acceptors (Lipinski definition) is 4. The predicted molar refractivity (Wildman–Crippen MR) is 79.5 cm³/mol. The van der Waals surface area contributed by atoms with Crippen molar-refractivity contribution in [2.75, 3.05) is 6.54 Å². The molecule has 1 atom stereocenters. The summed E-state index contributed by atoms with van der Waals surface area (Å²) in [6.07, 6.45) is -0.796. The number of carbonyl (C=O) groups excluding carboxylic acids is 1. The molecule has 1 heterocycles. The Labute approximate surface area is 125 Å². The molecule has 0 radical (unpaired) electrons. The fraction of sp³-hybridized carbons (Fsp3) is 0.214. The van der Waals surface area contributed by atoms with E-state index in [0.29, 0.717) is 14.8 Å². The van der Waals surface area contributed by atoms with Crippen molar-refractivity contribution in [3.05, 3.63) is 50.7 Å². The molecule has 2 aromatic rings. The van der Waals surface area contributed by atoms with Gasteiger partial charge in [-0.1, -0.05) is 11.6 Å². The van der Waals surface area contributed by atoms with Crippen molar-refractivity contribution in [1.82, 2.24) is 5.32 Å². The van der Waals surface area contributed by atoms with Gasteiger partial charge in [0.15, 0.2) is 0 Å². The molecule has 3 N–H and O–H groups in total. The number of amides is 1. The lowest BCUT2D eigenvalue weighted by atomic mass is 10.1. The Bertz CT molecular complexity index is 606. The van der Waals surface area contributed by atoms with Crippen LogP contribution in [0.1, 0.15) is 26.9 Å². The molecule has 1 amide bonds. The van der Waals surface area contributed by atoms with Gasteiger partial charge in [0, 0.05) is 17.0 Å². The monoisotopic (exact) mass is 311 g/mol. The molecular weight excluding hydrogens is 298 g/mol. The number of rotatable bonds is 4. The molecule has 4 nitrogen and oxygen atoms in total. The van der Waals surface area contributed by atoms with Gasteiger partial charge in [0.05, 0.1) is 4.34 Å². The molecule has 2 rings (SSSR count). The standard InChI is InChI=1S/C14H14ClNO3S/c1-8-4-9(6-10(17)5-8)14(19)16-7-11(18)12-2-3-13(15)20-12/h2-6,11,17-18H,7H2,1H3,(H,16,19). The summed E-state index contributed by atoms with van der Waals surface area (Å²) in [6, 6.07) is 8.05. The van der Waals surface area contributed by atoms with E-state index in [1.54, 1.807) is 31.2 Å². The van der Waals surface area contributed by atoms with E-state index in [0.717, 1.165) is 5.56 Å². The van der Waals surface area contributed by atoms with Gasteiger partial charge in [0.2, 0.25) is 0 Å². The second-order valence-corrected chi connectivity index (χ2v) is 6.17. The number of halogens is 1. The quantitative estimate of drug-likeness (QED) is 0.813. The fourth-order valence-electron chi connectivity index (χ4n) is 1.79. The Kier molecular flexibility index (Phi) is 4.65. The molecule has 1 aromatic heterocycles. The van der Waals surface area contributed by atoms with Crippen LogP contribution in [0.15, 0.2) is 30.3 Å². The maximum Gasteiger partial charge on any atom is 0.251 e. The normalized spacial score (nSPS) is 12.2. The number of aliphatic hydroxyl groups excluding tert-OH is 1. The maximum absolute atomic E-state index is 11.9. The van der Waals surface area contributed by atoms with Gasteiger partial charge in [-0.05, 0) is 42.8 Å². The zero-order chi connectivity index (χ0) is 14.7. The van der Waals surface area contributed by atoms with Gasteiger partial charge in [-0.2, -0.15) is 0 Å². The Morgan fingerprint density at radius 1 is 1.40 bits per heavy atom. The number of benzene rings is 1. The molecule has 20 heavy (non-hydrogen) atoms. The van der Waals surface area contributed by atoms with Crippen molar-refractivity contribution < 1.29 is 15.0 Å². The number of nitrogens with one attached hydrogen (secondary N) is 1. The van der Waals surface area contributed by atoms with Crippen molar-refractivity contribution >= 4 is 28.8 Å². The smallest absolute Gasteiger partial charge is 0.251 e. The zero-order valence-corrected chi connectivity index (χ0v) is 12.3. The minimum Gasteiger partial charge on any atom is -0.508 e. The van der Waals surface area contributed by atoms with E-state index in [1.807, 2.05) is 0 Å². The van der Waals surface area contributed by atoms with E-state index in [1.165, 1.54) is 17.4 Å². The van der Waals surface area contributed by atoms with Crippen LogP contribution in [-0.4, -0.2) is 22.7 Å². The fourth-order valence-corrected chi connectivity index (χ4v) is 2.84. The molecule has 0 fully saturated rings. The molecule has 0 spiro atoms. The van der Waals surface area contributed by atoms with E-state index < -0.39 is 6.10 Å². The second kappa shape index (κ2) is 6.26. The van der Waals surface area contributed by atoms with Gasteiger partial charge in [-0.3, -0.25) is 4.79 Å². The van der Waals surface area contributed by atoms with E-state index in [9.17, 15) is 15.0 Å². The van der Waals surface area contributed by atoms with E-state index >= 15 is 0 Å². The molecule has 0 saturated heterocycles. The Hall–Kier alpha value is -1.56. The SMILES string of the molecule is Cc1cc(O)cc(C(=O)NCC(O)c2ccc(Cl)s2)c1. The molecule has 0 aliphatic heterocycles. The lowest BCUT2D eigenvalue weighted by Gasteiger charge is -2.10. The Morgan fingerprint density at radius 2 is 2.15 bits per heavy atom. The van der Waals surface area contributed by atoms with E-state index in [2.05, 4.69) is 5.32 Å². The van der Waals surface area contributed by atoms with Crippen LogP contribution >= 0.6 is 22.9 Å². The molecule has 106 valence electrons. The first-order valence-corrected chi connectivity index (χ1v) is 7.17. The van der Waals surface area contributed by atoms with Crippen LogP contribution in [0.25, 0.3) is 0 Å². The van der Waals surface area contributed by atoms with Crippen molar-refractivity contribution in [1.29, 1.82) is 0 Å². The number of aliphatic hydroxyl groups is 1. The van der Waals surface area contributed by atoms with Crippen molar-refractivity contribution in [3.8, 4) is 5.75 Å². The third kappa shape index (κ3) is 3.72. The number of thiophene rings is 1. The van der Waals surface area contributed by atoms with Gasteiger partial charge in [0.1, 0.15) is 11.9 Å². The summed E-state index contributed by atoms with van der Waals surface area (Å²) >= 11 is 7.06. The third-order valence-corrected chi connectivity index (χ3v) is 4.04. The molecule has 1 unspecified atom stereocenters. The average molecular weight is 312 g/mol. The third-order valence-electron chi connectivity index (χ3n) is 2.70. The van der Waals surface area contributed by atoms with Crippen LogP contribution in [-0.2, 0) is 0 Å². The highest BCUT2D eigenvalue weighted by atomic mass is 35.5. The average Bonchev–Trinajstić information content (AvgIpc) is 2.81. The molecule has 1 aromatic carbocycles. The summed E-state index contributed by atoms with van der Waals surface area (Å²) in [6.45, 7) is 1.88. The largest absolute Gasteiger partial charge is 0.508 e. The summed E-state index contributed by atoms with van der Waals surface area (Å²) in [5.74, 6) is -0.300. The number of hydrogen-bond donors (Lipinski definition) is 3. The minimum absolute atomic E-state index is 0.0423. The van der Waals surface area contributed by atoms with Crippen LogP contribution in [0.5, 0.6) is 5.75 Å². The number of aromatic hydroxyl groups is 1. The Morgan fingerprint density at radius 3 is 2.75 bits per heavy atom. The molecule has 6 heteroatoms. The summed E-state index contributed by atoms with van der Waals surface area (Å²) in [7, 11) is 0. The van der Waals surface area contributed by atoms with Crippen LogP contribution < -0.4 is 5.32 Å². The van der Waals surface area contributed by atoms with Crippen LogP contribution in [0.2, 0.25) is 4.34 Å². The molecular formula is C14H14ClNO3S.